The zero-order chi connectivity index (χ0) is 15.4. The first-order valence-corrected chi connectivity index (χ1v) is 7.94. The average Bonchev–Trinajstić information content (AvgIpc) is 2.48. The van der Waals surface area contributed by atoms with Gasteiger partial charge in [-0.15, -0.1) is 0 Å². The van der Waals surface area contributed by atoms with E-state index >= 15 is 0 Å². The maximum absolute atomic E-state index is 13.3. The fourth-order valence-corrected chi connectivity index (χ4v) is 3.39. The molecule has 0 radical (unpaired) electrons. The molecule has 0 unspecified atom stereocenters. The Hall–Kier alpha value is -1.25. The highest BCUT2D eigenvalue weighted by molar-refractivity contribution is 5.52. The number of halogens is 1. The molecule has 0 spiro atoms. The van der Waals surface area contributed by atoms with E-state index in [1.807, 2.05) is 6.07 Å². The Kier molecular flexibility index (Phi) is 5.49. The summed E-state index contributed by atoms with van der Waals surface area (Å²) in [5.41, 5.74) is 2.36. The van der Waals surface area contributed by atoms with Gasteiger partial charge in [0.1, 0.15) is 17.7 Å². The molecule has 1 aromatic rings. The minimum absolute atomic E-state index is 0.344. The lowest BCUT2D eigenvalue weighted by Crippen LogP contribution is -2.17. The first kappa shape index (κ1) is 16.1. The molecule has 0 atom stereocenters. The van der Waals surface area contributed by atoms with Crippen molar-refractivity contribution in [1.82, 2.24) is 0 Å². The Labute approximate surface area is 127 Å². The van der Waals surface area contributed by atoms with Crippen LogP contribution in [0.1, 0.15) is 56.6 Å². The molecule has 1 fully saturated rings. The quantitative estimate of drug-likeness (QED) is 0.769. The first-order chi connectivity index (χ1) is 10.1. The molecule has 2 rings (SSSR count). The van der Waals surface area contributed by atoms with Crippen LogP contribution < -0.4 is 9.47 Å². The van der Waals surface area contributed by atoms with Gasteiger partial charge in [0, 0.05) is 5.56 Å². The molecular weight excluding hydrogens is 267 g/mol. The summed E-state index contributed by atoms with van der Waals surface area (Å²) in [6.07, 6.45) is 3.76. The molecule has 1 aliphatic carbocycles. The van der Waals surface area contributed by atoms with Crippen molar-refractivity contribution in [2.75, 3.05) is 14.2 Å². The van der Waals surface area contributed by atoms with E-state index < -0.39 is 6.17 Å². The van der Waals surface area contributed by atoms with Crippen molar-refractivity contribution in [3.8, 4) is 11.5 Å². The van der Waals surface area contributed by atoms with Crippen LogP contribution >= 0.6 is 0 Å². The Morgan fingerprint density at radius 1 is 1.10 bits per heavy atom. The van der Waals surface area contributed by atoms with Crippen molar-refractivity contribution < 1.29 is 13.9 Å². The molecule has 2 nitrogen and oxygen atoms in total. The highest BCUT2D eigenvalue weighted by Gasteiger charge is 2.24. The van der Waals surface area contributed by atoms with Gasteiger partial charge in [-0.25, -0.2) is 4.39 Å². The van der Waals surface area contributed by atoms with E-state index in [-0.39, 0.29) is 0 Å². The SMILES string of the molecule is COc1ccc(CC2CCC(F)CC2)c(OC)c1C(C)C. The first-order valence-electron chi connectivity index (χ1n) is 7.94. The number of hydrogen-bond acceptors (Lipinski definition) is 2. The van der Waals surface area contributed by atoms with Gasteiger partial charge in [-0.05, 0) is 55.6 Å². The predicted molar refractivity (Wildman–Crippen MR) is 84.2 cm³/mol. The number of rotatable bonds is 5. The number of benzene rings is 1. The van der Waals surface area contributed by atoms with Crippen LogP contribution in [0.4, 0.5) is 4.39 Å². The average molecular weight is 294 g/mol. The van der Waals surface area contributed by atoms with Crippen LogP contribution in [0.3, 0.4) is 0 Å². The fraction of sp³-hybridized carbons (Fsp3) is 0.667. The third kappa shape index (κ3) is 3.69. The van der Waals surface area contributed by atoms with Crippen LogP contribution in [0, 0.1) is 5.92 Å². The second kappa shape index (κ2) is 7.15. The molecule has 1 aliphatic rings. The van der Waals surface area contributed by atoms with Crippen LogP contribution in [0.5, 0.6) is 11.5 Å². The minimum atomic E-state index is -0.592. The molecule has 1 saturated carbocycles. The monoisotopic (exact) mass is 294 g/mol. The minimum Gasteiger partial charge on any atom is -0.496 e. The lowest BCUT2D eigenvalue weighted by Gasteiger charge is -2.26. The highest BCUT2D eigenvalue weighted by Crippen LogP contribution is 2.40. The van der Waals surface area contributed by atoms with E-state index in [1.165, 1.54) is 5.56 Å². The van der Waals surface area contributed by atoms with E-state index in [9.17, 15) is 4.39 Å². The summed E-state index contributed by atoms with van der Waals surface area (Å²) in [6, 6.07) is 4.14. The number of methoxy groups -OCH3 is 2. The van der Waals surface area contributed by atoms with Crippen molar-refractivity contribution in [3.05, 3.63) is 23.3 Å². The van der Waals surface area contributed by atoms with Gasteiger partial charge >= 0.3 is 0 Å². The van der Waals surface area contributed by atoms with E-state index in [0.29, 0.717) is 24.7 Å². The predicted octanol–water partition coefficient (Wildman–Crippen LogP) is 4.90. The third-order valence-corrected chi connectivity index (χ3v) is 4.52. The molecule has 0 heterocycles. The molecule has 1 aromatic carbocycles. The van der Waals surface area contributed by atoms with Crippen LogP contribution in [0.2, 0.25) is 0 Å². The molecule has 0 amide bonds. The van der Waals surface area contributed by atoms with Crippen molar-refractivity contribution in [1.29, 1.82) is 0 Å². The second-order valence-corrected chi connectivity index (χ2v) is 6.35. The Morgan fingerprint density at radius 3 is 2.29 bits per heavy atom. The fourth-order valence-electron chi connectivity index (χ4n) is 3.39. The summed E-state index contributed by atoms with van der Waals surface area (Å²) in [4.78, 5) is 0. The molecule has 21 heavy (non-hydrogen) atoms. The van der Waals surface area contributed by atoms with Gasteiger partial charge in [0.25, 0.3) is 0 Å². The summed E-state index contributed by atoms with van der Waals surface area (Å²) < 4.78 is 24.4. The van der Waals surface area contributed by atoms with E-state index in [0.717, 1.165) is 36.3 Å². The molecule has 3 heteroatoms. The Morgan fingerprint density at radius 2 is 1.76 bits per heavy atom. The standard InChI is InChI=1S/C18H27FO2/c1-12(2)17-16(20-3)10-7-14(18(17)21-4)11-13-5-8-15(19)9-6-13/h7,10,12-13,15H,5-6,8-9,11H2,1-4H3. The van der Waals surface area contributed by atoms with Gasteiger partial charge in [-0.3, -0.25) is 0 Å². The van der Waals surface area contributed by atoms with E-state index in [2.05, 4.69) is 19.9 Å². The molecule has 0 saturated heterocycles. The molecule has 118 valence electrons. The van der Waals surface area contributed by atoms with Crippen molar-refractivity contribution in [3.63, 3.8) is 0 Å². The normalized spacial score (nSPS) is 22.4. The number of hydrogen-bond donors (Lipinski definition) is 0. The van der Waals surface area contributed by atoms with Gasteiger partial charge in [-0.1, -0.05) is 19.9 Å². The summed E-state index contributed by atoms with van der Waals surface area (Å²) in [5.74, 6) is 2.75. The third-order valence-electron chi connectivity index (χ3n) is 4.52. The zero-order valence-electron chi connectivity index (χ0n) is 13.6. The van der Waals surface area contributed by atoms with E-state index in [4.69, 9.17) is 9.47 Å². The Bertz CT molecular complexity index is 463. The van der Waals surface area contributed by atoms with Gasteiger partial charge < -0.3 is 9.47 Å². The lowest BCUT2D eigenvalue weighted by atomic mass is 9.83. The lowest BCUT2D eigenvalue weighted by molar-refractivity contribution is 0.206. The highest BCUT2D eigenvalue weighted by atomic mass is 19.1. The van der Waals surface area contributed by atoms with Gasteiger partial charge in [0.2, 0.25) is 0 Å². The van der Waals surface area contributed by atoms with Crippen LogP contribution in [-0.4, -0.2) is 20.4 Å². The van der Waals surface area contributed by atoms with Gasteiger partial charge in [0.15, 0.2) is 0 Å². The largest absolute Gasteiger partial charge is 0.496 e. The Balaban J connectivity index is 2.25. The van der Waals surface area contributed by atoms with Gasteiger partial charge in [0.05, 0.1) is 14.2 Å². The van der Waals surface area contributed by atoms with E-state index in [1.54, 1.807) is 14.2 Å². The number of ether oxygens (including phenoxy) is 2. The number of alkyl halides is 1. The van der Waals surface area contributed by atoms with Gasteiger partial charge in [-0.2, -0.15) is 0 Å². The summed E-state index contributed by atoms with van der Waals surface area (Å²) >= 11 is 0. The van der Waals surface area contributed by atoms with Crippen LogP contribution in [0.15, 0.2) is 12.1 Å². The topological polar surface area (TPSA) is 18.5 Å². The molecular formula is C18H27FO2. The smallest absolute Gasteiger partial charge is 0.129 e. The molecule has 0 aliphatic heterocycles. The van der Waals surface area contributed by atoms with Crippen LogP contribution in [-0.2, 0) is 6.42 Å². The molecule has 0 aromatic heterocycles. The van der Waals surface area contributed by atoms with Crippen molar-refractivity contribution in [2.24, 2.45) is 5.92 Å². The van der Waals surface area contributed by atoms with Crippen LogP contribution in [0.25, 0.3) is 0 Å². The maximum Gasteiger partial charge on any atom is 0.129 e. The summed E-state index contributed by atoms with van der Waals surface area (Å²) in [5, 5.41) is 0. The zero-order valence-corrected chi connectivity index (χ0v) is 13.6. The second-order valence-electron chi connectivity index (χ2n) is 6.35. The summed E-state index contributed by atoms with van der Waals surface area (Å²) in [7, 11) is 3.42. The van der Waals surface area contributed by atoms with Crippen molar-refractivity contribution in [2.45, 2.75) is 58.0 Å². The molecule has 0 bridgehead atoms. The summed E-state index contributed by atoms with van der Waals surface area (Å²) in [6.45, 7) is 4.30. The maximum atomic E-state index is 13.3. The van der Waals surface area contributed by atoms with Crippen molar-refractivity contribution >= 4 is 0 Å². The molecule has 0 N–H and O–H groups in total.